The van der Waals surface area contributed by atoms with Crippen molar-refractivity contribution in [3.8, 4) is 44.5 Å². The molecule has 0 N–H and O–H groups in total. The van der Waals surface area contributed by atoms with Crippen LogP contribution in [0.3, 0.4) is 0 Å². The molecule has 0 bridgehead atoms. The van der Waals surface area contributed by atoms with E-state index in [0.717, 1.165) is 0 Å². The third-order valence-corrected chi connectivity index (χ3v) is 9.75. The van der Waals surface area contributed by atoms with Crippen molar-refractivity contribution in [3.63, 3.8) is 0 Å². The van der Waals surface area contributed by atoms with Crippen LogP contribution in [-0.4, -0.2) is 4.98 Å². The third kappa shape index (κ3) is 3.49. The molecule has 1 heteroatoms. The summed E-state index contributed by atoms with van der Waals surface area (Å²) in [6.45, 7) is 4.69. The van der Waals surface area contributed by atoms with Crippen LogP contribution < -0.4 is 0 Å². The second-order valence-electron chi connectivity index (χ2n) is 12.4. The first-order valence-corrected chi connectivity index (χ1v) is 15.0. The Balaban J connectivity index is 1.21. The van der Waals surface area contributed by atoms with Crippen LogP contribution in [0.4, 0.5) is 0 Å². The Morgan fingerprint density at radius 2 is 1.02 bits per heavy atom. The second kappa shape index (κ2) is 8.86. The molecule has 0 atom stereocenters. The Morgan fingerprint density at radius 3 is 1.74 bits per heavy atom. The van der Waals surface area contributed by atoms with Gasteiger partial charge in [-0.3, -0.25) is 4.98 Å². The van der Waals surface area contributed by atoms with Gasteiger partial charge in [-0.2, -0.15) is 0 Å². The van der Waals surface area contributed by atoms with Gasteiger partial charge in [-0.25, -0.2) is 0 Å². The van der Waals surface area contributed by atoms with Crippen LogP contribution in [0.2, 0.25) is 0 Å². The number of nitrogens with zero attached hydrogens (tertiary/aromatic N) is 1. The summed E-state index contributed by atoms with van der Waals surface area (Å²) in [7, 11) is 0. The zero-order valence-corrected chi connectivity index (χ0v) is 24.2. The van der Waals surface area contributed by atoms with Gasteiger partial charge in [-0.05, 0) is 112 Å². The van der Waals surface area contributed by atoms with Crippen molar-refractivity contribution < 1.29 is 0 Å². The maximum absolute atomic E-state index is 4.29. The monoisotopic (exact) mass is 547 g/mol. The lowest BCUT2D eigenvalue weighted by atomic mass is 9.81. The van der Waals surface area contributed by atoms with Gasteiger partial charge in [0.15, 0.2) is 0 Å². The molecule has 0 saturated heterocycles. The van der Waals surface area contributed by atoms with E-state index in [9.17, 15) is 0 Å². The topological polar surface area (TPSA) is 12.9 Å². The Labute approximate surface area is 251 Å². The maximum Gasteiger partial charge on any atom is 0.0273 e. The number of benzene rings is 7. The highest BCUT2D eigenvalue weighted by atomic mass is 14.6. The number of fused-ring (bicyclic) bond motifs is 3. The molecule has 7 aromatic carbocycles. The van der Waals surface area contributed by atoms with Crippen molar-refractivity contribution in [1.29, 1.82) is 0 Å². The smallest absolute Gasteiger partial charge is 0.0273 e. The van der Waals surface area contributed by atoms with E-state index < -0.39 is 0 Å². The van der Waals surface area contributed by atoms with Crippen molar-refractivity contribution in [1.82, 2.24) is 4.98 Å². The quantitative estimate of drug-likeness (QED) is 0.200. The fraction of sp³-hybridized carbons (Fsp3) is 0.0714. The molecule has 0 spiro atoms. The van der Waals surface area contributed by atoms with Crippen molar-refractivity contribution in [2.75, 3.05) is 0 Å². The largest absolute Gasteiger partial charge is 0.265 e. The Morgan fingerprint density at radius 1 is 0.419 bits per heavy atom. The van der Waals surface area contributed by atoms with Crippen molar-refractivity contribution in [2.24, 2.45) is 0 Å². The van der Waals surface area contributed by atoms with Gasteiger partial charge in [-0.1, -0.05) is 117 Å². The highest BCUT2D eigenvalue weighted by molar-refractivity contribution is 6.28. The van der Waals surface area contributed by atoms with Crippen LogP contribution in [0.25, 0.3) is 76.8 Å². The van der Waals surface area contributed by atoms with E-state index in [-0.39, 0.29) is 5.41 Å². The van der Waals surface area contributed by atoms with Gasteiger partial charge in [-0.15, -0.1) is 0 Å². The lowest BCUT2D eigenvalue weighted by Crippen LogP contribution is -2.14. The number of rotatable bonds is 3. The zero-order chi connectivity index (χ0) is 28.7. The molecule has 0 fully saturated rings. The molecule has 8 aromatic rings. The predicted octanol–water partition coefficient (Wildman–Crippen LogP) is 11.3. The molecule has 1 aliphatic rings. The molecule has 202 valence electrons. The fourth-order valence-corrected chi connectivity index (χ4v) is 7.57. The number of hydrogen-bond donors (Lipinski definition) is 0. The summed E-state index contributed by atoms with van der Waals surface area (Å²) >= 11 is 0. The van der Waals surface area contributed by atoms with Crippen molar-refractivity contribution in [3.05, 3.63) is 151 Å². The summed E-state index contributed by atoms with van der Waals surface area (Å²) in [5.74, 6) is 0. The van der Waals surface area contributed by atoms with E-state index in [0.29, 0.717) is 0 Å². The summed E-state index contributed by atoms with van der Waals surface area (Å²) in [6.07, 6.45) is 3.77. The van der Waals surface area contributed by atoms with Gasteiger partial charge < -0.3 is 0 Å². The van der Waals surface area contributed by atoms with Crippen molar-refractivity contribution >= 4 is 32.3 Å². The van der Waals surface area contributed by atoms with E-state index in [4.69, 9.17) is 0 Å². The zero-order valence-electron chi connectivity index (χ0n) is 24.2. The third-order valence-electron chi connectivity index (χ3n) is 9.75. The van der Waals surface area contributed by atoms with Crippen molar-refractivity contribution in [2.45, 2.75) is 19.3 Å². The number of pyridine rings is 1. The highest BCUT2D eigenvalue weighted by Crippen LogP contribution is 2.50. The van der Waals surface area contributed by atoms with Crippen LogP contribution in [-0.2, 0) is 5.41 Å². The Hall–Kier alpha value is -5.27. The van der Waals surface area contributed by atoms with Crippen LogP contribution in [0, 0.1) is 0 Å². The molecule has 1 aliphatic carbocycles. The van der Waals surface area contributed by atoms with Gasteiger partial charge >= 0.3 is 0 Å². The van der Waals surface area contributed by atoms with E-state index in [1.807, 2.05) is 12.4 Å². The Bertz CT molecular complexity index is 2330. The second-order valence-corrected chi connectivity index (χ2v) is 12.4. The number of hydrogen-bond acceptors (Lipinski definition) is 1. The first-order chi connectivity index (χ1) is 21.1. The summed E-state index contributed by atoms with van der Waals surface area (Å²) < 4.78 is 0. The molecule has 0 radical (unpaired) electrons. The molecular formula is C42H29N. The molecule has 0 amide bonds. The fourth-order valence-electron chi connectivity index (χ4n) is 7.57. The summed E-state index contributed by atoms with van der Waals surface area (Å²) in [6, 6.07) is 47.4. The molecule has 0 unspecified atom stereocenters. The van der Waals surface area contributed by atoms with Gasteiger partial charge in [0.25, 0.3) is 0 Å². The molecule has 1 nitrogen and oxygen atoms in total. The summed E-state index contributed by atoms with van der Waals surface area (Å²) in [5.41, 5.74) is 13.0. The molecule has 1 aromatic heterocycles. The average Bonchev–Trinajstić information content (AvgIpc) is 3.29. The lowest BCUT2D eigenvalue weighted by Gasteiger charge is -2.22. The predicted molar refractivity (Wildman–Crippen MR) is 182 cm³/mol. The molecule has 43 heavy (non-hydrogen) atoms. The summed E-state index contributed by atoms with van der Waals surface area (Å²) in [5, 5.41) is 7.82. The standard InChI is InChI=1S/C42H29N/c1-42(2)38-9-4-3-8-32(38)33-17-16-31(24-39(33)42)26-10-12-27(13-11-26)36-25-37(28-20-22-43-23-21-28)35-19-15-30-7-5-6-29-14-18-34(36)41(35)40(29)30/h3-25H,1-2H3. The SMILES string of the molecule is CC1(C)c2ccccc2-c2ccc(-c3ccc(-c4cc(-c5ccncc5)c5ccc6cccc7ccc4c5c67)cc3)cc21. The van der Waals surface area contributed by atoms with Crippen LogP contribution in [0.15, 0.2) is 140 Å². The van der Waals surface area contributed by atoms with Gasteiger partial charge in [0, 0.05) is 17.8 Å². The molecule has 0 saturated carbocycles. The van der Waals surface area contributed by atoms with E-state index in [1.54, 1.807) is 0 Å². The van der Waals surface area contributed by atoms with Gasteiger partial charge in [0.05, 0.1) is 0 Å². The van der Waals surface area contributed by atoms with Crippen LogP contribution in [0.5, 0.6) is 0 Å². The lowest BCUT2D eigenvalue weighted by molar-refractivity contribution is 0.660. The van der Waals surface area contributed by atoms with Crippen LogP contribution >= 0.6 is 0 Å². The molecule has 9 rings (SSSR count). The molecular weight excluding hydrogens is 518 g/mol. The van der Waals surface area contributed by atoms with E-state index in [1.165, 1.54) is 88.0 Å². The maximum atomic E-state index is 4.29. The first kappa shape index (κ1) is 24.3. The molecule has 0 aliphatic heterocycles. The van der Waals surface area contributed by atoms with E-state index >= 15 is 0 Å². The molecule has 1 heterocycles. The minimum absolute atomic E-state index is 0.00699. The van der Waals surface area contributed by atoms with E-state index in [2.05, 4.69) is 146 Å². The summed E-state index contributed by atoms with van der Waals surface area (Å²) in [4.78, 5) is 4.29. The van der Waals surface area contributed by atoms with Gasteiger partial charge in [0.1, 0.15) is 0 Å². The number of aromatic nitrogens is 1. The average molecular weight is 548 g/mol. The highest BCUT2D eigenvalue weighted by Gasteiger charge is 2.35. The minimum Gasteiger partial charge on any atom is -0.265 e. The van der Waals surface area contributed by atoms with Gasteiger partial charge in [0.2, 0.25) is 0 Å². The minimum atomic E-state index is -0.00699. The normalized spacial score (nSPS) is 13.5. The van der Waals surface area contributed by atoms with Crippen LogP contribution in [0.1, 0.15) is 25.0 Å². The first-order valence-electron chi connectivity index (χ1n) is 15.0. The Kier molecular flexibility index (Phi) is 5.02.